The number of halogens is 1. The molecule has 0 spiro atoms. The minimum Gasteiger partial charge on any atom is -0.432 e. The first-order chi connectivity index (χ1) is 13.1. The number of benzene rings is 2. The first-order valence-electron chi connectivity index (χ1n) is 8.65. The van der Waals surface area contributed by atoms with Crippen molar-refractivity contribution in [1.29, 1.82) is 0 Å². The van der Waals surface area contributed by atoms with Gasteiger partial charge in [0.15, 0.2) is 0 Å². The maximum Gasteiger partial charge on any atom is 0.299 e. The van der Waals surface area contributed by atoms with Crippen molar-refractivity contribution in [1.82, 2.24) is 9.88 Å². The van der Waals surface area contributed by atoms with Crippen LogP contribution in [0.25, 0.3) is 0 Å². The highest BCUT2D eigenvalue weighted by Gasteiger charge is 2.16. The fraction of sp³-hybridized carbons (Fsp3) is 0.200. The molecule has 1 aliphatic heterocycles. The Balaban J connectivity index is 1.38. The summed E-state index contributed by atoms with van der Waals surface area (Å²) in [5, 5.41) is 7.17. The van der Waals surface area contributed by atoms with Crippen LogP contribution in [-0.2, 0) is 13.0 Å². The van der Waals surface area contributed by atoms with Crippen LogP contribution in [0.2, 0.25) is 5.02 Å². The molecule has 3 aromatic rings. The summed E-state index contributed by atoms with van der Waals surface area (Å²) >= 11 is 5.89. The van der Waals surface area contributed by atoms with E-state index in [2.05, 4.69) is 43.7 Å². The van der Waals surface area contributed by atoms with Crippen LogP contribution in [0.1, 0.15) is 11.3 Å². The molecule has 1 aromatic heterocycles. The average Bonchev–Trinajstić information content (AvgIpc) is 3.28. The molecule has 0 saturated carbocycles. The van der Waals surface area contributed by atoms with Crippen molar-refractivity contribution in [3.05, 3.63) is 65.0 Å². The van der Waals surface area contributed by atoms with Gasteiger partial charge in [0, 0.05) is 36.9 Å². The summed E-state index contributed by atoms with van der Waals surface area (Å²) in [4.78, 5) is 11.2. The fourth-order valence-corrected chi connectivity index (χ4v) is 2.96. The molecule has 0 amide bonds. The Morgan fingerprint density at radius 2 is 1.89 bits per heavy atom. The number of rotatable bonds is 5. The molecule has 138 valence electrons. The number of aliphatic imine (C=N–C) groups is 1. The molecule has 0 aliphatic carbocycles. The van der Waals surface area contributed by atoms with Gasteiger partial charge in [-0.05, 0) is 42.0 Å². The zero-order valence-electron chi connectivity index (χ0n) is 15.2. The van der Waals surface area contributed by atoms with Crippen LogP contribution in [0.5, 0.6) is 0 Å². The molecule has 0 saturated heterocycles. The molecule has 2 heterocycles. The first-order valence-corrected chi connectivity index (χ1v) is 9.03. The zero-order valence-corrected chi connectivity index (χ0v) is 15.9. The Kier molecular flexibility index (Phi) is 4.73. The quantitative estimate of drug-likeness (QED) is 0.662. The molecule has 4 rings (SSSR count). The molecule has 2 aromatic carbocycles. The van der Waals surface area contributed by atoms with Gasteiger partial charge in [0.1, 0.15) is 17.8 Å². The monoisotopic (exact) mass is 381 g/mol. The number of aromatic nitrogens is 1. The van der Waals surface area contributed by atoms with E-state index in [1.165, 1.54) is 5.56 Å². The Morgan fingerprint density at radius 1 is 1.11 bits per heavy atom. The van der Waals surface area contributed by atoms with Gasteiger partial charge in [-0.2, -0.15) is 4.98 Å². The Labute approximate surface area is 162 Å². The van der Waals surface area contributed by atoms with Gasteiger partial charge in [-0.1, -0.05) is 17.7 Å². The van der Waals surface area contributed by atoms with Crippen molar-refractivity contribution in [2.24, 2.45) is 4.99 Å². The molecule has 6 nitrogen and oxygen atoms in total. The minimum absolute atomic E-state index is 0.448. The van der Waals surface area contributed by atoms with Crippen LogP contribution in [-0.4, -0.2) is 29.8 Å². The molecule has 0 unspecified atom stereocenters. The molecule has 0 atom stereocenters. The lowest BCUT2D eigenvalue weighted by Crippen LogP contribution is -2.21. The number of oxazole rings is 1. The highest BCUT2D eigenvalue weighted by atomic mass is 35.5. The third-order valence-electron chi connectivity index (χ3n) is 4.32. The van der Waals surface area contributed by atoms with Crippen molar-refractivity contribution in [3.63, 3.8) is 0 Å². The van der Waals surface area contributed by atoms with Crippen LogP contribution in [0.4, 0.5) is 23.1 Å². The Bertz CT molecular complexity index is 978. The lowest BCUT2D eigenvalue weighted by atomic mass is 10.1. The van der Waals surface area contributed by atoms with Gasteiger partial charge in [-0.3, -0.25) is 0 Å². The molecule has 27 heavy (non-hydrogen) atoms. The van der Waals surface area contributed by atoms with Crippen molar-refractivity contribution in [2.75, 3.05) is 24.7 Å². The van der Waals surface area contributed by atoms with Crippen molar-refractivity contribution < 1.29 is 4.42 Å². The van der Waals surface area contributed by atoms with Crippen molar-refractivity contribution in [3.8, 4) is 0 Å². The maximum atomic E-state index is 5.89. The van der Waals surface area contributed by atoms with Crippen LogP contribution in [0, 0.1) is 0 Å². The summed E-state index contributed by atoms with van der Waals surface area (Å²) < 4.78 is 5.48. The molecule has 7 heteroatoms. The van der Waals surface area contributed by atoms with Gasteiger partial charge in [-0.25, -0.2) is 4.99 Å². The third-order valence-corrected chi connectivity index (χ3v) is 4.57. The van der Waals surface area contributed by atoms with Crippen molar-refractivity contribution >= 4 is 40.5 Å². The number of fused-ring (bicyclic) bond motifs is 1. The number of anilines is 3. The van der Waals surface area contributed by atoms with E-state index < -0.39 is 0 Å². The van der Waals surface area contributed by atoms with Crippen molar-refractivity contribution in [2.45, 2.75) is 13.0 Å². The van der Waals surface area contributed by atoms with Gasteiger partial charge in [-0.15, -0.1) is 0 Å². The second kappa shape index (κ2) is 7.32. The zero-order chi connectivity index (χ0) is 18.8. The smallest absolute Gasteiger partial charge is 0.299 e. The Hall–Kier alpha value is -2.99. The van der Waals surface area contributed by atoms with Gasteiger partial charge in [0.05, 0.1) is 12.2 Å². The normalized spacial score (nSPS) is 12.5. The lowest BCUT2D eigenvalue weighted by molar-refractivity contribution is 0.576. The van der Waals surface area contributed by atoms with E-state index in [0.29, 0.717) is 17.6 Å². The number of hydrogen-bond acceptors (Lipinski definition) is 6. The number of likely N-dealkylation sites (N-methyl/N-ethyl adjacent to an activating group) is 1. The number of nitrogens with zero attached hydrogens (tertiary/aromatic N) is 3. The fourth-order valence-electron chi connectivity index (χ4n) is 2.83. The number of hydrogen-bond donors (Lipinski definition) is 2. The molecule has 0 radical (unpaired) electrons. The number of nitrogens with one attached hydrogen (secondary N) is 2. The average molecular weight is 382 g/mol. The van der Waals surface area contributed by atoms with Crippen LogP contribution in [0.15, 0.2) is 58.1 Å². The second-order valence-electron chi connectivity index (χ2n) is 6.57. The predicted molar refractivity (Wildman–Crippen MR) is 109 cm³/mol. The van der Waals surface area contributed by atoms with Crippen LogP contribution < -0.4 is 10.6 Å². The van der Waals surface area contributed by atoms with Gasteiger partial charge in [0.2, 0.25) is 0 Å². The molecule has 0 bridgehead atoms. The summed E-state index contributed by atoms with van der Waals surface area (Å²) in [5.41, 5.74) is 4.96. The highest BCUT2D eigenvalue weighted by Crippen LogP contribution is 2.30. The molecule has 0 fully saturated rings. The molecule has 1 aliphatic rings. The summed E-state index contributed by atoms with van der Waals surface area (Å²) in [6.45, 7) is 0.564. The predicted octanol–water partition coefficient (Wildman–Crippen LogP) is 4.83. The number of amidine groups is 1. The minimum atomic E-state index is 0.448. The van der Waals surface area contributed by atoms with E-state index in [4.69, 9.17) is 16.0 Å². The summed E-state index contributed by atoms with van der Waals surface area (Å²) in [5.74, 6) is 1.08. The summed E-state index contributed by atoms with van der Waals surface area (Å²) in [7, 11) is 4.04. The first kappa shape index (κ1) is 17.4. The van der Waals surface area contributed by atoms with Gasteiger partial charge < -0.3 is 20.0 Å². The summed E-state index contributed by atoms with van der Waals surface area (Å²) in [6.07, 6.45) is 2.52. The van der Waals surface area contributed by atoms with Crippen LogP contribution in [0.3, 0.4) is 0 Å². The lowest BCUT2D eigenvalue weighted by Gasteiger charge is -2.10. The molecule has 2 N–H and O–H groups in total. The van der Waals surface area contributed by atoms with Gasteiger partial charge >= 0.3 is 0 Å². The largest absolute Gasteiger partial charge is 0.432 e. The van der Waals surface area contributed by atoms with E-state index in [-0.39, 0.29) is 0 Å². The Morgan fingerprint density at radius 3 is 2.67 bits per heavy atom. The van der Waals surface area contributed by atoms with E-state index in [1.54, 1.807) is 6.26 Å². The van der Waals surface area contributed by atoms with Crippen LogP contribution >= 0.6 is 11.6 Å². The maximum absolute atomic E-state index is 5.89. The second-order valence-corrected chi connectivity index (χ2v) is 7.01. The third kappa shape index (κ3) is 4.06. The SMILES string of the molecule is CN(C)C1=Nc2cc(NCc3coc(Nc4ccc(Cl)cc4)n3)ccc2C1. The standard InChI is InChI=1S/C20H20ClN5O/c1-26(2)19-9-13-3-6-16(10-18(13)25-19)22-11-17-12-27-20(24-17)23-15-7-4-14(21)5-8-15/h3-8,10,12,22H,9,11H2,1-2H3,(H,23,24). The van der Waals surface area contributed by atoms with E-state index >= 15 is 0 Å². The summed E-state index contributed by atoms with van der Waals surface area (Å²) in [6, 6.07) is 14.1. The van der Waals surface area contributed by atoms with Gasteiger partial charge in [0.25, 0.3) is 6.01 Å². The van der Waals surface area contributed by atoms with E-state index in [1.807, 2.05) is 38.4 Å². The molecular formula is C20H20ClN5O. The van der Waals surface area contributed by atoms with E-state index in [9.17, 15) is 0 Å². The van der Waals surface area contributed by atoms with E-state index in [0.717, 1.165) is 35.0 Å². The molecular weight excluding hydrogens is 362 g/mol. The highest BCUT2D eigenvalue weighted by molar-refractivity contribution is 6.30. The topological polar surface area (TPSA) is 65.7 Å².